The van der Waals surface area contributed by atoms with Crippen LogP contribution in [0.1, 0.15) is 51.4 Å². The second kappa shape index (κ2) is 13.5. The maximum Gasteiger partial charge on any atom is 0 e. The summed E-state index contributed by atoms with van der Waals surface area (Å²) >= 11 is 0. The molecule has 2 rings (SSSR count). The average molecular weight is 272 g/mol. The van der Waals surface area contributed by atoms with Crippen LogP contribution in [0.3, 0.4) is 0 Å². The van der Waals surface area contributed by atoms with Crippen molar-refractivity contribution in [3.05, 3.63) is 48.6 Å². The molecule has 0 aromatic rings. The number of hydrogen-bond donors (Lipinski definition) is 0. The second-order valence-corrected chi connectivity index (χ2v) is 4.20. The van der Waals surface area contributed by atoms with Crippen LogP contribution in [0.5, 0.6) is 0 Å². The van der Waals surface area contributed by atoms with Gasteiger partial charge in [-0.3, -0.25) is 0 Å². The van der Waals surface area contributed by atoms with Gasteiger partial charge in [-0.25, -0.2) is 0 Å². The second-order valence-electron chi connectivity index (χ2n) is 4.20. The van der Waals surface area contributed by atoms with E-state index in [4.69, 9.17) is 0 Å². The first-order valence-electron chi connectivity index (χ1n) is 6.60. The van der Waals surface area contributed by atoms with Crippen molar-refractivity contribution in [2.24, 2.45) is 0 Å². The molecule has 0 aliphatic heterocycles. The minimum Gasteiger partial charge on any atom is -0.0882 e. The summed E-state index contributed by atoms with van der Waals surface area (Å²) < 4.78 is 0. The molecule has 0 fully saturated rings. The zero-order chi connectivity index (χ0) is 11.3. The first kappa shape index (κ1) is 16.5. The predicted octanol–water partition coefficient (Wildman–Crippen LogP) is 5.34. The van der Waals surface area contributed by atoms with E-state index < -0.39 is 0 Å². The standard InChI is InChI=1S/2C8H12.Fe/c2*1-2-4-6-8-7-5-3-1;/h2*1-2,7-8H,3-6H2;/b2*2-1-,8-7?;. The Morgan fingerprint density at radius 1 is 0.294 bits per heavy atom. The summed E-state index contributed by atoms with van der Waals surface area (Å²) in [6, 6.07) is 0. The van der Waals surface area contributed by atoms with Crippen LogP contribution in [-0.2, 0) is 17.1 Å². The van der Waals surface area contributed by atoms with Crippen molar-refractivity contribution in [2.45, 2.75) is 51.4 Å². The molecule has 0 aromatic heterocycles. The van der Waals surface area contributed by atoms with E-state index in [2.05, 4.69) is 48.6 Å². The summed E-state index contributed by atoms with van der Waals surface area (Å²) in [4.78, 5) is 0. The Labute approximate surface area is 117 Å². The third-order valence-corrected chi connectivity index (χ3v) is 2.67. The minimum absolute atomic E-state index is 0. The first-order valence-corrected chi connectivity index (χ1v) is 6.60. The number of allylic oxidation sites excluding steroid dienone is 8. The third-order valence-electron chi connectivity index (χ3n) is 2.67. The molecule has 0 radical (unpaired) electrons. The summed E-state index contributed by atoms with van der Waals surface area (Å²) in [5.41, 5.74) is 0. The molecule has 0 nitrogen and oxygen atoms in total. The van der Waals surface area contributed by atoms with Gasteiger partial charge in [0.15, 0.2) is 0 Å². The van der Waals surface area contributed by atoms with Crippen molar-refractivity contribution in [3.63, 3.8) is 0 Å². The van der Waals surface area contributed by atoms with Crippen molar-refractivity contribution < 1.29 is 17.1 Å². The maximum atomic E-state index is 2.27. The Balaban J connectivity index is 0.000000284. The predicted molar refractivity (Wildman–Crippen MR) is 73.5 cm³/mol. The van der Waals surface area contributed by atoms with Gasteiger partial charge in [-0.15, -0.1) is 0 Å². The molecule has 17 heavy (non-hydrogen) atoms. The van der Waals surface area contributed by atoms with Crippen molar-refractivity contribution in [1.29, 1.82) is 0 Å². The average Bonchev–Trinajstić information content (AvgIpc) is 2.15. The van der Waals surface area contributed by atoms with Crippen LogP contribution < -0.4 is 0 Å². The van der Waals surface area contributed by atoms with E-state index in [1.54, 1.807) is 0 Å². The summed E-state index contributed by atoms with van der Waals surface area (Å²) in [6.07, 6.45) is 28.0. The molecular weight excluding hydrogens is 248 g/mol. The molecule has 0 atom stereocenters. The molecule has 1 heteroatoms. The molecule has 0 heterocycles. The van der Waals surface area contributed by atoms with Crippen LogP contribution in [0.2, 0.25) is 0 Å². The van der Waals surface area contributed by atoms with Gasteiger partial charge in [0.1, 0.15) is 0 Å². The molecule has 0 spiro atoms. The molecule has 0 N–H and O–H groups in total. The molecular formula is C16H24Fe. The van der Waals surface area contributed by atoms with Gasteiger partial charge in [-0.05, 0) is 51.4 Å². The van der Waals surface area contributed by atoms with Crippen LogP contribution in [0, 0.1) is 0 Å². The van der Waals surface area contributed by atoms with Crippen LogP contribution in [-0.4, -0.2) is 0 Å². The topological polar surface area (TPSA) is 0 Å². The fourth-order valence-electron chi connectivity index (χ4n) is 1.71. The van der Waals surface area contributed by atoms with E-state index in [1.165, 1.54) is 51.4 Å². The zero-order valence-electron chi connectivity index (χ0n) is 10.6. The Bertz CT molecular complexity index is 179. The molecule has 2 aliphatic rings. The normalized spacial score (nSPS) is 22.6. The Morgan fingerprint density at radius 2 is 0.412 bits per heavy atom. The zero-order valence-corrected chi connectivity index (χ0v) is 11.7. The fourth-order valence-corrected chi connectivity index (χ4v) is 1.71. The van der Waals surface area contributed by atoms with E-state index in [9.17, 15) is 0 Å². The number of rotatable bonds is 0. The van der Waals surface area contributed by atoms with E-state index in [-0.39, 0.29) is 17.1 Å². The van der Waals surface area contributed by atoms with E-state index in [0.717, 1.165) is 0 Å². The van der Waals surface area contributed by atoms with Crippen molar-refractivity contribution in [3.8, 4) is 0 Å². The third kappa shape index (κ3) is 11.7. The molecule has 0 saturated carbocycles. The van der Waals surface area contributed by atoms with Gasteiger partial charge in [0.2, 0.25) is 0 Å². The SMILES string of the molecule is C1=CCC/C=C\CC1.C1=CCC/C=C\CC1.[Fe]. The van der Waals surface area contributed by atoms with Gasteiger partial charge in [0, 0.05) is 17.1 Å². The van der Waals surface area contributed by atoms with Gasteiger partial charge >= 0.3 is 0 Å². The van der Waals surface area contributed by atoms with E-state index >= 15 is 0 Å². The van der Waals surface area contributed by atoms with Crippen LogP contribution >= 0.6 is 0 Å². The monoisotopic (exact) mass is 272 g/mol. The fraction of sp³-hybridized carbons (Fsp3) is 0.500. The Kier molecular flexibility index (Phi) is 13.1. The van der Waals surface area contributed by atoms with Gasteiger partial charge in [0.05, 0.1) is 0 Å². The number of hydrogen-bond acceptors (Lipinski definition) is 0. The Morgan fingerprint density at radius 3 is 0.529 bits per heavy atom. The molecule has 0 saturated heterocycles. The van der Waals surface area contributed by atoms with Crippen LogP contribution in [0.25, 0.3) is 0 Å². The summed E-state index contributed by atoms with van der Waals surface area (Å²) in [7, 11) is 0. The summed E-state index contributed by atoms with van der Waals surface area (Å²) in [5.74, 6) is 0. The van der Waals surface area contributed by atoms with Crippen molar-refractivity contribution in [2.75, 3.05) is 0 Å². The molecule has 2 aliphatic carbocycles. The maximum absolute atomic E-state index is 2.27. The van der Waals surface area contributed by atoms with Crippen LogP contribution in [0.4, 0.5) is 0 Å². The van der Waals surface area contributed by atoms with Gasteiger partial charge in [-0.1, -0.05) is 48.6 Å². The summed E-state index contributed by atoms with van der Waals surface area (Å²) in [5, 5.41) is 0. The molecule has 0 unspecified atom stereocenters. The smallest absolute Gasteiger partial charge is 0 e. The van der Waals surface area contributed by atoms with Gasteiger partial charge < -0.3 is 0 Å². The molecule has 0 aromatic carbocycles. The van der Waals surface area contributed by atoms with E-state index in [0.29, 0.717) is 0 Å². The van der Waals surface area contributed by atoms with Crippen molar-refractivity contribution in [1.82, 2.24) is 0 Å². The van der Waals surface area contributed by atoms with Crippen LogP contribution in [0.15, 0.2) is 48.6 Å². The first-order chi connectivity index (χ1) is 8.00. The molecule has 0 bridgehead atoms. The van der Waals surface area contributed by atoms with Crippen molar-refractivity contribution >= 4 is 0 Å². The van der Waals surface area contributed by atoms with Gasteiger partial charge in [0.25, 0.3) is 0 Å². The summed E-state index contributed by atoms with van der Waals surface area (Å²) in [6.45, 7) is 0. The van der Waals surface area contributed by atoms with E-state index in [1.807, 2.05) is 0 Å². The minimum atomic E-state index is 0. The molecule has 0 amide bonds. The van der Waals surface area contributed by atoms with Gasteiger partial charge in [-0.2, -0.15) is 0 Å². The Hall–Kier alpha value is -0.521. The quantitative estimate of drug-likeness (QED) is 0.412. The largest absolute Gasteiger partial charge is 0.0882 e. The molecule has 96 valence electrons.